The van der Waals surface area contributed by atoms with Crippen molar-refractivity contribution < 1.29 is 9.47 Å². The molecule has 0 aromatic heterocycles. The summed E-state index contributed by atoms with van der Waals surface area (Å²) in [7, 11) is 0. The normalized spacial score (nSPS) is 13.9. The minimum atomic E-state index is 0.323. The van der Waals surface area contributed by atoms with Gasteiger partial charge in [0.1, 0.15) is 12.4 Å². The molecule has 3 aromatic rings. The molecule has 1 N–H and O–H groups in total. The molecule has 1 aliphatic rings. The number of anilines is 2. The van der Waals surface area contributed by atoms with E-state index in [1.165, 1.54) is 5.69 Å². The molecule has 1 heterocycles. The number of halogens is 2. The zero-order valence-electron chi connectivity index (χ0n) is 16.6. The van der Waals surface area contributed by atoms with E-state index in [2.05, 4.69) is 40.5 Å². The highest BCUT2D eigenvalue weighted by atomic mass is 35.5. The van der Waals surface area contributed by atoms with Gasteiger partial charge in [0.25, 0.3) is 0 Å². The number of nitrogens with one attached hydrogen (secondary N) is 1. The first-order chi connectivity index (χ1) is 14.7. The van der Waals surface area contributed by atoms with Crippen molar-refractivity contribution in [2.45, 2.75) is 13.2 Å². The van der Waals surface area contributed by atoms with Gasteiger partial charge < -0.3 is 19.7 Å². The van der Waals surface area contributed by atoms with Crippen molar-refractivity contribution in [1.29, 1.82) is 0 Å². The van der Waals surface area contributed by atoms with Crippen LogP contribution < -0.4 is 15.0 Å². The first-order valence-corrected chi connectivity index (χ1v) is 10.8. The van der Waals surface area contributed by atoms with E-state index < -0.39 is 0 Å². The topological polar surface area (TPSA) is 33.7 Å². The molecule has 0 unspecified atom stereocenters. The van der Waals surface area contributed by atoms with Crippen LogP contribution in [0.2, 0.25) is 10.0 Å². The molecule has 156 valence electrons. The molecule has 1 fully saturated rings. The average molecular weight is 443 g/mol. The number of morpholine rings is 1. The molecule has 0 radical (unpaired) electrons. The Bertz CT molecular complexity index is 953. The third-order valence-corrected chi connectivity index (χ3v) is 5.84. The van der Waals surface area contributed by atoms with Crippen molar-refractivity contribution in [3.8, 4) is 5.75 Å². The maximum absolute atomic E-state index is 6.26. The molecule has 1 saturated heterocycles. The van der Waals surface area contributed by atoms with Gasteiger partial charge in [-0.2, -0.15) is 0 Å². The van der Waals surface area contributed by atoms with Gasteiger partial charge in [-0.05, 0) is 42.5 Å². The van der Waals surface area contributed by atoms with E-state index >= 15 is 0 Å². The van der Waals surface area contributed by atoms with E-state index in [-0.39, 0.29) is 0 Å². The lowest BCUT2D eigenvalue weighted by molar-refractivity contribution is 0.122. The standard InChI is InChI=1S/C24H24Cl2N2O2/c25-22-5-3-6-23(26)21(22)17-30-24-7-2-1-4-18(24)16-27-19-8-10-20(11-9-19)28-12-14-29-15-13-28/h1-11,27H,12-17H2. The number of hydrogen-bond acceptors (Lipinski definition) is 4. The Kier molecular flexibility index (Phi) is 7.00. The minimum absolute atomic E-state index is 0.323. The number of benzene rings is 3. The van der Waals surface area contributed by atoms with Gasteiger partial charge in [-0.25, -0.2) is 0 Å². The van der Waals surface area contributed by atoms with Gasteiger partial charge in [-0.3, -0.25) is 0 Å². The summed E-state index contributed by atoms with van der Waals surface area (Å²) in [6.45, 7) is 4.43. The molecule has 0 saturated carbocycles. The summed E-state index contributed by atoms with van der Waals surface area (Å²) in [5.74, 6) is 0.811. The summed E-state index contributed by atoms with van der Waals surface area (Å²) in [5, 5.41) is 4.70. The van der Waals surface area contributed by atoms with Crippen molar-refractivity contribution in [2.24, 2.45) is 0 Å². The second-order valence-electron chi connectivity index (χ2n) is 7.10. The first-order valence-electron chi connectivity index (χ1n) is 10.0. The van der Waals surface area contributed by atoms with Gasteiger partial charge in [0.15, 0.2) is 0 Å². The SMILES string of the molecule is Clc1cccc(Cl)c1COc1ccccc1CNc1ccc(N2CCOCC2)cc1. The summed E-state index contributed by atoms with van der Waals surface area (Å²) < 4.78 is 11.5. The Morgan fingerprint density at radius 3 is 2.30 bits per heavy atom. The molecule has 3 aromatic carbocycles. The highest BCUT2D eigenvalue weighted by Crippen LogP contribution is 2.27. The second-order valence-corrected chi connectivity index (χ2v) is 7.91. The third kappa shape index (κ3) is 5.20. The van der Waals surface area contributed by atoms with Crippen molar-refractivity contribution in [1.82, 2.24) is 0 Å². The van der Waals surface area contributed by atoms with Gasteiger partial charge in [-0.15, -0.1) is 0 Å². The van der Waals surface area contributed by atoms with Gasteiger partial charge in [0, 0.05) is 52.2 Å². The molecular weight excluding hydrogens is 419 g/mol. The van der Waals surface area contributed by atoms with Crippen LogP contribution >= 0.6 is 23.2 Å². The molecule has 6 heteroatoms. The Morgan fingerprint density at radius 1 is 0.867 bits per heavy atom. The van der Waals surface area contributed by atoms with Crippen LogP contribution in [0.15, 0.2) is 66.7 Å². The average Bonchev–Trinajstić information content (AvgIpc) is 2.79. The number of ether oxygens (including phenoxy) is 2. The summed E-state index contributed by atoms with van der Waals surface area (Å²) >= 11 is 12.5. The molecule has 0 spiro atoms. The van der Waals surface area contributed by atoms with Gasteiger partial charge >= 0.3 is 0 Å². The van der Waals surface area contributed by atoms with E-state index in [0.29, 0.717) is 23.2 Å². The Morgan fingerprint density at radius 2 is 1.57 bits per heavy atom. The van der Waals surface area contributed by atoms with Crippen molar-refractivity contribution >= 4 is 34.6 Å². The van der Waals surface area contributed by atoms with Crippen LogP contribution in [-0.2, 0) is 17.9 Å². The van der Waals surface area contributed by atoms with E-state index in [0.717, 1.165) is 48.9 Å². The number of rotatable bonds is 7. The summed E-state index contributed by atoms with van der Waals surface area (Å²) in [4.78, 5) is 2.34. The highest BCUT2D eigenvalue weighted by Gasteiger charge is 2.11. The van der Waals surface area contributed by atoms with E-state index in [1.807, 2.05) is 36.4 Å². The number of nitrogens with zero attached hydrogens (tertiary/aromatic N) is 1. The molecule has 0 bridgehead atoms. The fourth-order valence-corrected chi connectivity index (χ4v) is 3.93. The molecule has 0 atom stereocenters. The Balaban J connectivity index is 1.38. The van der Waals surface area contributed by atoms with E-state index in [1.54, 1.807) is 0 Å². The predicted molar refractivity (Wildman–Crippen MR) is 124 cm³/mol. The monoisotopic (exact) mass is 442 g/mol. The first kappa shape index (κ1) is 20.9. The smallest absolute Gasteiger partial charge is 0.124 e. The van der Waals surface area contributed by atoms with Crippen LogP contribution in [0.25, 0.3) is 0 Å². The van der Waals surface area contributed by atoms with Crippen LogP contribution in [0.3, 0.4) is 0 Å². The number of hydrogen-bond donors (Lipinski definition) is 1. The van der Waals surface area contributed by atoms with E-state index in [4.69, 9.17) is 32.7 Å². The number of para-hydroxylation sites is 1. The molecule has 1 aliphatic heterocycles. The maximum Gasteiger partial charge on any atom is 0.124 e. The van der Waals surface area contributed by atoms with Crippen LogP contribution in [-0.4, -0.2) is 26.3 Å². The zero-order valence-corrected chi connectivity index (χ0v) is 18.1. The summed E-state index contributed by atoms with van der Waals surface area (Å²) in [6, 6.07) is 22.0. The van der Waals surface area contributed by atoms with Crippen molar-refractivity contribution in [3.05, 3.63) is 87.9 Å². The highest BCUT2D eigenvalue weighted by molar-refractivity contribution is 6.35. The molecule has 0 amide bonds. The molecule has 4 rings (SSSR count). The molecule has 30 heavy (non-hydrogen) atoms. The summed E-state index contributed by atoms with van der Waals surface area (Å²) in [5.41, 5.74) is 4.15. The molecular formula is C24H24Cl2N2O2. The van der Waals surface area contributed by atoms with Crippen LogP contribution in [0, 0.1) is 0 Å². The summed E-state index contributed by atoms with van der Waals surface area (Å²) in [6.07, 6.45) is 0. The van der Waals surface area contributed by atoms with Gasteiger partial charge in [0.2, 0.25) is 0 Å². The lowest BCUT2D eigenvalue weighted by atomic mass is 10.2. The zero-order chi connectivity index (χ0) is 20.8. The van der Waals surface area contributed by atoms with Crippen LogP contribution in [0.4, 0.5) is 11.4 Å². The quantitative estimate of drug-likeness (QED) is 0.484. The predicted octanol–water partition coefficient (Wildman–Crippen LogP) is 6.02. The lowest BCUT2D eigenvalue weighted by Gasteiger charge is -2.29. The maximum atomic E-state index is 6.26. The largest absolute Gasteiger partial charge is 0.488 e. The molecule has 4 nitrogen and oxygen atoms in total. The fourth-order valence-electron chi connectivity index (χ4n) is 3.42. The Hall–Kier alpha value is -2.40. The van der Waals surface area contributed by atoms with Crippen molar-refractivity contribution in [2.75, 3.05) is 36.5 Å². The second kappa shape index (κ2) is 10.1. The van der Waals surface area contributed by atoms with Crippen LogP contribution in [0.5, 0.6) is 5.75 Å². The van der Waals surface area contributed by atoms with Gasteiger partial charge in [0.05, 0.1) is 13.2 Å². The molecule has 0 aliphatic carbocycles. The van der Waals surface area contributed by atoms with Crippen LogP contribution in [0.1, 0.15) is 11.1 Å². The third-order valence-electron chi connectivity index (χ3n) is 5.13. The van der Waals surface area contributed by atoms with E-state index in [9.17, 15) is 0 Å². The van der Waals surface area contributed by atoms with Gasteiger partial charge in [-0.1, -0.05) is 47.5 Å². The fraction of sp³-hybridized carbons (Fsp3) is 0.250. The van der Waals surface area contributed by atoms with Crippen molar-refractivity contribution in [3.63, 3.8) is 0 Å². The Labute approximate surface area is 187 Å². The lowest BCUT2D eigenvalue weighted by Crippen LogP contribution is -2.36. The minimum Gasteiger partial charge on any atom is -0.488 e.